The average Bonchev–Trinajstić information content (AvgIpc) is 3.71. The number of rotatable bonds is 8. The van der Waals surface area contributed by atoms with Gasteiger partial charge in [0.25, 0.3) is 0 Å². The van der Waals surface area contributed by atoms with Crippen molar-refractivity contribution in [3.05, 3.63) is 249 Å². The summed E-state index contributed by atoms with van der Waals surface area (Å²) in [5.74, 6) is 0. The Morgan fingerprint density at radius 3 is 1.54 bits per heavy atom. The molecule has 0 aliphatic carbocycles. The van der Waals surface area contributed by atoms with Crippen LogP contribution in [0.25, 0.3) is 70.9 Å². The van der Waals surface area contributed by atoms with Crippen molar-refractivity contribution in [3.63, 3.8) is 0 Å². The standard InChI is InChI=1S/C60H41N3/c1-3-19-48(20-4-1)61(57-27-13-17-43-15-7-9-23-53(43)57)50-34-31-42(32-35-50)45-29-30-47-40-51(36-33-46(47)39-45)62(58-28-14-18-44-16-8-10-24-54(44)58)52-37-38-60-56(41-52)55-25-11-12-26-59(55)63(60)49-21-5-2-6-22-49/h1-41H/i31D,32D,34D,35D. The fourth-order valence-electron chi connectivity index (χ4n) is 9.24. The molecule has 0 radical (unpaired) electrons. The maximum Gasteiger partial charge on any atom is 0.0645 e. The van der Waals surface area contributed by atoms with Gasteiger partial charge < -0.3 is 14.4 Å². The molecular formula is C60H41N3. The molecule has 0 N–H and O–H groups in total. The van der Waals surface area contributed by atoms with Crippen LogP contribution in [-0.2, 0) is 0 Å². The first kappa shape index (κ1) is 32.4. The van der Waals surface area contributed by atoms with Gasteiger partial charge in [0.05, 0.1) is 27.9 Å². The smallest absolute Gasteiger partial charge is 0.0645 e. The largest absolute Gasteiger partial charge is 0.310 e. The fraction of sp³-hybridized carbons (Fsp3) is 0. The second kappa shape index (κ2) is 15.3. The zero-order valence-electron chi connectivity index (χ0n) is 38.2. The van der Waals surface area contributed by atoms with Crippen LogP contribution in [-0.4, -0.2) is 4.57 Å². The molecule has 1 heterocycles. The fourth-order valence-corrected chi connectivity index (χ4v) is 9.24. The molecule has 0 bridgehead atoms. The summed E-state index contributed by atoms with van der Waals surface area (Å²) >= 11 is 0. The molecule has 296 valence electrons. The summed E-state index contributed by atoms with van der Waals surface area (Å²) in [6, 6.07) is 76.3. The van der Waals surface area contributed by atoms with E-state index < -0.39 is 0 Å². The van der Waals surface area contributed by atoms with Crippen molar-refractivity contribution in [2.75, 3.05) is 9.80 Å². The van der Waals surface area contributed by atoms with Crippen molar-refractivity contribution in [1.82, 2.24) is 4.57 Å². The Labute approximate surface area is 372 Å². The minimum absolute atomic E-state index is 0.0979. The second-order valence-corrected chi connectivity index (χ2v) is 15.9. The van der Waals surface area contributed by atoms with Gasteiger partial charge in [-0.2, -0.15) is 0 Å². The molecule has 0 spiro atoms. The SMILES string of the molecule is [2H]c1c([2H])c(N(c2ccccc2)c2cccc3ccccc23)c([2H])c([2H])c1-c1ccc2cc(N(c3ccc4c(c3)c3ccccc3n4-c3ccccc3)c3cccc4ccccc34)ccc2c1. The van der Waals surface area contributed by atoms with Gasteiger partial charge in [0.2, 0.25) is 0 Å². The van der Waals surface area contributed by atoms with Crippen LogP contribution in [0.5, 0.6) is 0 Å². The van der Waals surface area contributed by atoms with Gasteiger partial charge in [-0.1, -0.05) is 158 Å². The third-order valence-corrected chi connectivity index (χ3v) is 12.2. The predicted octanol–water partition coefficient (Wildman–Crippen LogP) is 16.8. The number of hydrogen-bond acceptors (Lipinski definition) is 2. The lowest BCUT2D eigenvalue weighted by molar-refractivity contribution is 1.18. The third-order valence-electron chi connectivity index (χ3n) is 12.2. The highest BCUT2D eigenvalue weighted by Crippen LogP contribution is 2.44. The van der Waals surface area contributed by atoms with E-state index in [1.807, 2.05) is 102 Å². The van der Waals surface area contributed by atoms with Gasteiger partial charge in [0.15, 0.2) is 0 Å². The number of anilines is 6. The number of para-hydroxylation sites is 3. The first-order valence-electron chi connectivity index (χ1n) is 23.3. The highest BCUT2D eigenvalue weighted by Gasteiger charge is 2.20. The van der Waals surface area contributed by atoms with E-state index in [0.717, 1.165) is 82.9 Å². The number of fused-ring (bicyclic) bond motifs is 6. The molecule has 0 fully saturated rings. The maximum atomic E-state index is 9.52. The molecule has 0 unspecified atom stereocenters. The Morgan fingerprint density at radius 2 is 0.825 bits per heavy atom. The number of aromatic nitrogens is 1. The van der Waals surface area contributed by atoms with Gasteiger partial charge >= 0.3 is 0 Å². The van der Waals surface area contributed by atoms with Gasteiger partial charge in [-0.3, -0.25) is 0 Å². The molecule has 12 rings (SSSR count). The van der Waals surface area contributed by atoms with Crippen molar-refractivity contribution in [2.45, 2.75) is 0 Å². The van der Waals surface area contributed by atoms with Gasteiger partial charge in [-0.25, -0.2) is 0 Å². The lowest BCUT2D eigenvalue weighted by Gasteiger charge is -2.27. The first-order chi connectivity index (χ1) is 32.9. The molecule has 1 aromatic heterocycles. The van der Waals surface area contributed by atoms with Crippen LogP contribution in [0.4, 0.5) is 34.1 Å². The van der Waals surface area contributed by atoms with E-state index in [1.54, 1.807) is 0 Å². The molecule has 0 atom stereocenters. The van der Waals surface area contributed by atoms with Crippen LogP contribution in [0, 0.1) is 0 Å². The van der Waals surface area contributed by atoms with Crippen LogP contribution < -0.4 is 9.80 Å². The monoisotopic (exact) mass is 807 g/mol. The Morgan fingerprint density at radius 1 is 0.302 bits per heavy atom. The number of nitrogens with zero attached hydrogens (tertiary/aromatic N) is 3. The molecule has 12 aromatic rings. The zero-order valence-corrected chi connectivity index (χ0v) is 34.2. The topological polar surface area (TPSA) is 11.4 Å². The zero-order chi connectivity index (χ0) is 45.2. The number of benzene rings is 11. The van der Waals surface area contributed by atoms with Crippen molar-refractivity contribution >= 4 is 88.2 Å². The highest BCUT2D eigenvalue weighted by molar-refractivity contribution is 6.11. The van der Waals surface area contributed by atoms with E-state index in [9.17, 15) is 5.48 Å². The van der Waals surface area contributed by atoms with E-state index in [-0.39, 0.29) is 35.4 Å². The van der Waals surface area contributed by atoms with E-state index >= 15 is 0 Å². The Kier molecular flexibility index (Phi) is 7.84. The van der Waals surface area contributed by atoms with Crippen LogP contribution in [0.15, 0.2) is 249 Å². The molecule has 0 saturated heterocycles. The van der Waals surface area contributed by atoms with E-state index in [4.69, 9.17) is 0 Å². The summed E-state index contributed by atoms with van der Waals surface area (Å²) < 4.78 is 40.3. The molecular weight excluding hydrogens is 763 g/mol. The lowest BCUT2D eigenvalue weighted by Crippen LogP contribution is -2.10. The summed E-state index contributed by atoms with van der Waals surface area (Å²) in [5.41, 5.74) is 9.03. The summed E-state index contributed by atoms with van der Waals surface area (Å²) in [4.78, 5) is 4.19. The Balaban J connectivity index is 0.992. The van der Waals surface area contributed by atoms with Crippen LogP contribution in [0.3, 0.4) is 0 Å². The lowest BCUT2D eigenvalue weighted by atomic mass is 9.99. The van der Waals surface area contributed by atoms with Gasteiger partial charge in [-0.15, -0.1) is 0 Å². The summed E-state index contributed by atoms with van der Waals surface area (Å²) in [7, 11) is 0. The normalized spacial score (nSPS) is 12.4. The number of hydrogen-bond donors (Lipinski definition) is 0. The summed E-state index contributed by atoms with van der Waals surface area (Å²) in [6.07, 6.45) is 0. The van der Waals surface area contributed by atoms with Gasteiger partial charge in [0.1, 0.15) is 0 Å². The van der Waals surface area contributed by atoms with Crippen molar-refractivity contribution in [1.29, 1.82) is 0 Å². The molecule has 3 heteroatoms. The van der Waals surface area contributed by atoms with Crippen molar-refractivity contribution in [2.24, 2.45) is 0 Å². The van der Waals surface area contributed by atoms with Crippen LogP contribution >= 0.6 is 0 Å². The van der Waals surface area contributed by atoms with E-state index in [0.29, 0.717) is 5.56 Å². The molecule has 0 saturated carbocycles. The first-order valence-corrected chi connectivity index (χ1v) is 21.3. The van der Waals surface area contributed by atoms with Gasteiger partial charge in [-0.05, 0) is 124 Å². The predicted molar refractivity (Wildman–Crippen MR) is 268 cm³/mol. The second-order valence-electron chi connectivity index (χ2n) is 15.9. The van der Waals surface area contributed by atoms with Gasteiger partial charge in [0, 0.05) is 50.0 Å². The highest BCUT2D eigenvalue weighted by atomic mass is 15.1. The quantitative estimate of drug-likeness (QED) is 0.151. The third kappa shape index (κ3) is 6.38. The van der Waals surface area contributed by atoms with E-state index in [2.05, 4.69) is 137 Å². The van der Waals surface area contributed by atoms with E-state index in [1.165, 1.54) is 5.39 Å². The summed E-state index contributed by atoms with van der Waals surface area (Å²) in [5, 5.41) is 8.46. The Bertz CT molecular complexity index is 3850. The van der Waals surface area contributed by atoms with Crippen molar-refractivity contribution < 1.29 is 5.48 Å². The molecule has 0 amide bonds. The van der Waals surface area contributed by atoms with Crippen LogP contribution in [0.1, 0.15) is 5.48 Å². The molecule has 3 nitrogen and oxygen atoms in total. The summed E-state index contributed by atoms with van der Waals surface area (Å²) in [6.45, 7) is 0. The molecule has 0 aliphatic rings. The van der Waals surface area contributed by atoms with Crippen LogP contribution in [0.2, 0.25) is 0 Å². The molecule has 0 aliphatic heterocycles. The minimum Gasteiger partial charge on any atom is -0.310 e. The van der Waals surface area contributed by atoms with Crippen molar-refractivity contribution in [3.8, 4) is 16.8 Å². The Hall–Kier alpha value is -8.40. The minimum atomic E-state index is -0.113. The maximum absolute atomic E-state index is 9.52. The molecule has 11 aromatic carbocycles. The average molecular weight is 808 g/mol. The molecule has 63 heavy (non-hydrogen) atoms.